The van der Waals surface area contributed by atoms with Crippen molar-refractivity contribution < 1.29 is 0 Å². The van der Waals surface area contributed by atoms with Gasteiger partial charge in [-0.25, -0.2) is 0 Å². The van der Waals surface area contributed by atoms with E-state index in [1.54, 1.807) is 0 Å². The van der Waals surface area contributed by atoms with Crippen LogP contribution < -0.4 is 0 Å². The molecule has 0 amide bonds. The maximum atomic E-state index is 4.22. The minimum Gasteiger partial charge on any atom is -0.296 e. The summed E-state index contributed by atoms with van der Waals surface area (Å²) in [7, 11) is 0. The van der Waals surface area contributed by atoms with Crippen LogP contribution in [0.3, 0.4) is 0 Å². The second-order valence-corrected chi connectivity index (χ2v) is 4.52. The molecule has 3 fully saturated rings. The van der Waals surface area contributed by atoms with Crippen LogP contribution in [0, 0.1) is 5.92 Å². The molecular weight excluding hydrogens is 172 g/mol. The molecule has 14 heavy (non-hydrogen) atoms. The lowest BCUT2D eigenvalue weighted by molar-refractivity contribution is 0.0489. The molecule has 2 bridgehead atoms. The lowest BCUT2D eigenvalue weighted by Crippen LogP contribution is -2.43. The van der Waals surface area contributed by atoms with Crippen LogP contribution in [0.2, 0.25) is 0 Å². The van der Waals surface area contributed by atoms with Gasteiger partial charge in [0.15, 0.2) is 0 Å². The van der Waals surface area contributed by atoms with Crippen molar-refractivity contribution in [2.75, 3.05) is 13.1 Å². The lowest BCUT2D eigenvalue weighted by atomic mass is 9.81. The number of aromatic nitrogens is 1. The van der Waals surface area contributed by atoms with E-state index >= 15 is 0 Å². The van der Waals surface area contributed by atoms with Crippen LogP contribution in [0.1, 0.15) is 30.9 Å². The van der Waals surface area contributed by atoms with Crippen molar-refractivity contribution in [2.45, 2.75) is 25.3 Å². The molecule has 2 nitrogen and oxygen atoms in total. The summed E-state index contributed by atoms with van der Waals surface area (Å²) < 4.78 is 0. The SMILES string of the molecule is c1cncc([C@@H]2CC3CCN2CC3)c1. The highest BCUT2D eigenvalue weighted by Gasteiger charge is 2.34. The van der Waals surface area contributed by atoms with Gasteiger partial charge in [0.1, 0.15) is 0 Å². The van der Waals surface area contributed by atoms with Gasteiger partial charge in [-0.1, -0.05) is 6.07 Å². The smallest absolute Gasteiger partial charge is 0.0366 e. The Labute approximate surface area is 85.0 Å². The van der Waals surface area contributed by atoms with Crippen LogP contribution >= 0.6 is 0 Å². The van der Waals surface area contributed by atoms with E-state index in [1.807, 2.05) is 12.4 Å². The van der Waals surface area contributed by atoms with Crippen molar-refractivity contribution in [3.8, 4) is 0 Å². The molecule has 74 valence electrons. The van der Waals surface area contributed by atoms with E-state index in [2.05, 4.69) is 22.0 Å². The average molecular weight is 188 g/mol. The van der Waals surface area contributed by atoms with Gasteiger partial charge in [-0.05, 0) is 49.9 Å². The number of piperidine rings is 3. The summed E-state index contributed by atoms with van der Waals surface area (Å²) in [5.41, 5.74) is 1.41. The maximum absolute atomic E-state index is 4.22. The summed E-state index contributed by atoms with van der Waals surface area (Å²) in [4.78, 5) is 6.84. The zero-order chi connectivity index (χ0) is 9.38. The summed E-state index contributed by atoms with van der Waals surface area (Å²) in [5.74, 6) is 0.977. The van der Waals surface area contributed by atoms with Crippen LogP contribution in [-0.2, 0) is 0 Å². The Morgan fingerprint density at radius 2 is 2.14 bits per heavy atom. The van der Waals surface area contributed by atoms with Gasteiger partial charge in [0, 0.05) is 18.4 Å². The minimum absolute atomic E-state index is 0.663. The second kappa shape index (κ2) is 3.35. The number of pyridine rings is 1. The Morgan fingerprint density at radius 3 is 2.71 bits per heavy atom. The maximum Gasteiger partial charge on any atom is 0.0366 e. The topological polar surface area (TPSA) is 16.1 Å². The first kappa shape index (κ1) is 8.42. The summed E-state index contributed by atoms with van der Waals surface area (Å²) in [6.45, 7) is 2.59. The summed E-state index contributed by atoms with van der Waals surface area (Å²) in [6.07, 6.45) is 8.07. The highest BCUT2D eigenvalue weighted by molar-refractivity contribution is 5.16. The zero-order valence-electron chi connectivity index (χ0n) is 8.39. The van der Waals surface area contributed by atoms with Gasteiger partial charge in [0.25, 0.3) is 0 Å². The quantitative estimate of drug-likeness (QED) is 0.672. The first-order valence-corrected chi connectivity index (χ1v) is 5.57. The molecule has 0 unspecified atom stereocenters. The second-order valence-electron chi connectivity index (χ2n) is 4.52. The third-order valence-corrected chi connectivity index (χ3v) is 3.72. The fraction of sp³-hybridized carbons (Fsp3) is 0.583. The first-order valence-electron chi connectivity index (χ1n) is 5.57. The van der Waals surface area contributed by atoms with Gasteiger partial charge in [0.2, 0.25) is 0 Å². The number of hydrogen-bond donors (Lipinski definition) is 0. The average Bonchev–Trinajstić information content (AvgIpc) is 2.32. The fourth-order valence-corrected chi connectivity index (χ4v) is 2.89. The predicted molar refractivity (Wildman–Crippen MR) is 55.9 cm³/mol. The molecule has 2 heteroatoms. The number of hydrogen-bond acceptors (Lipinski definition) is 2. The minimum atomic E-state index is 0.663. The van der Waals surface area contributed by atoms with E-state index < -0.39 is 0 Å². The van der Waals surface area contributed by atoms with Crippen LogP contribution in [0.4, 0.5) is 0 Å². The molecule has 1 aromatic heterocycles. The Balaban J connectivity index is 1.86. The van der Waals surface area contributed by atoms with Crippen LogP contribution in [0.15, 0.2) is 24.5 Å². The molecule has 0 spiro atoms. The van der Waals surface area contributed by atoms with Crippen LogP contribution in [0.25, 0.3) is 0 Å². The Hall–Kier alpha value is -0.890. The van der Waals surface area contributed by atoms with E-state index in [-0.39, 0.29) is 0 Å². The Bertz CT molecular complexity index is 301. The van der Waals surface area contributed by atoms with E-state index in [0.29, 0.717) is 6.04 Å². The van der Waals surface area contributed by atoms with E-state index in [0.717, 1.165) is 5.92 Å². The standard InChI is InChI=1S/C12H16N2/c1-2-11(9-13-5-1)12-8-10-3-6-14(12)7-4-10/h1-2,5,9-10,12H,3-4,6-8H2/t12-/m0/s1. The van der Waals surface area contributed by atoms with Crippen LogP contribution in [-0.4, -0.2) is 23.0 Å². The van der Waals surface area contributed by atoms with Gasteiger partial charge in [-0.2, -0.15) is 0 Å². The highest BCUT2D eigenvalue weighted by Crippen LogP contribution is 2.39. The lowest BCUT2D eigenvalue weighted by Gasteiger charge is -2.45. The molecule has 1 atom stereocenters. The van der Waals surface area contributed by atoms with Crippen molar-refractivity contribution in [2.24, 2.45) is 5.92 Å². The Kier molecular flexibility index (Phi) is 2.02. The third-order valence-electron chi connectivity index (χ3n) is 3.72. The van der Waals surface area contributed by atoms with Gasteiger partial charge in [-0.15, -0.1) is 0 Å². The molecule has 0 aromatic carbocycles. The molecule has 3 saturated heterocycles. The Morgan fingerprint density at radius 1 is 1.29 bits per heavy atom. The highest BCUT2D eigenvalue weighted by atomic mass is 15.2. The monoisotopic (exact) mass is 188 g/mol. The molecule has 3 aliphatic heterocycles. The summed E-state index contributed by atoms with van der Waals surface area (Å²) >= 11 is 0. The normalized spacial score (nSPS) is 35.9. The number of rotatable bonds is 1. The summed E-state index contributed by atoms with van der Waals surface area (Å²) in [6, 6.07) is 4.94. The largest absolute Gasteiger partial charge is 0.296 e. The first-order chi connectivity index (χ1) is 6.93. The molecule has 0 N–H and O–H groups in total. The fourth-order valence-electron chi connectivity index (χ4n) is 2.89. The molecular formula is C12H16N2. The number of nitrogens with zero attached hydrogens (tertiary/aromatic N) is 2. The molecule has 1 aromatic rings. The van der Waals surface area contributed by atoms with Crippen molar-refractivity contribution in [3.63, 3.8) is 0 Å². The van der Waals surface area contributed by atoms with Crippen molar-refractivity contribution in [1.29, 1.82) is 0 Å². The van der Waals surface area contributed by atoms with Crippen molar-refractivity contribution in [3.05, 3.63) is 30.1 Å². The van der Waals surface area contributed by atoms with Crippen molar-refractivity contribution in [1.82, 2.24) is 9.88 Å². The molecule has 0 radical (unpaired) electrons. The van der Waals surface area contributed by atoms with Gasteiger partial charge >= 0.3 is 0 Å². The molecule has 0 saturated carbocycles. The predicted octanol–water partition coefficient (Wildman–Crippen LogP) is 2.24. The summed E-state index contributed by atoms with van der Waals surface area (Å²) in [5, 5.41) is 0. The number of fused-ring (bicyclic) bond motifs is 3. The van der Waals surface area contributed by atoms with E-state index in [4.69, 9.17) is 0 Å². The zero-order valence-corrected chi connectivity index (χ0v) is 8.39. The van der Waals surface area contributed by atoms with Gasteiger partial charge < -0.3 is 0 Å². The third kappa shape index (κ3) is 1.34. The van der Waals surface area contributed by atoms with Gasteiger partial charge in [0.05, 0.1) is 0 Å². The van der Waals surface area contributed by atoms with Gasteiger partial charge in [-0.3, -0.25) is 9.88 Å². The molecule has 4 heterocycles. The molecule has 0 aliphatic carbocycles. The van der Waals surface area contributed by atoms with E-state index in [1.165, 1.54) is 37.9 Å². The van der Waals surface area contributed by atoms with Crippen LogP contribution in [0.5, 0.6) is 0 Å². The molecule has 4 rings (SSSR count). The van der Waals surface area contributed by atoms with Crippen molar-refractivity contribution >= 4 is 0 Å². The van der Waals surface area contributed by atoms with E-state index in [9.17, 15) is 0 Å². The molecule has 3 aliphatic rings.